The van der Waals surface area contributed by atoms with E-state index in [9.17, 15) is 9.90 Å². The lowest BCUT2D eigenvalue weighted by Crippen LogP contribution is -2.34. The molecule has 0 fully saturated rings. The summed E-state index contributed by atoms with van der Waals surface area (Å²) >= 11 is 0. The standard InChI is InChI=1S/C14H16N4O2/c1-18-7-10(15)13(17-18)14(20)16-12-9-5-3-2-4-8(9)6-11(12)19/h2-5,7,11-12,19H,6,15H2,1H3,(H,16,20)/t11-,12+/m0/s1. The maximum Gasteiger partial charge on any atom is 0.274 e. The van der Waals surface area contributed by atoms with Gasteiger partial charge < -0.3 is 16.2 Å². The summed E-state index contributed by atoms with van der Waals surface area (Å²) in [6, 6.07) is 7.27. The first kappa shape index (κ1) is 12.7. The van der Waals surface area contributed by atoms with Crippen LogP contribution in [0, 0.1) is 0 Å². The minimum Gasteiger partial charge on any atom is -0.396 e. The Labute approximate surface area is 116 Å². The topological polar surface area (TPSA) is 93.2 Å². The molecule has 0 bridgehead atoms. The number of benzene rings is 1. The predicted molar refractivity (Wildman–Crippen MR) is 74.0 cm³/mol. The van der Waals surface area contributed by atoms with Crippen LogP contribution >= 0.6 is 0 Å². The molecule has 0 radical (unpaired) electrons. The lowest BCUT2D eigenvalue weighted by molar-refractivity contribution is 0.0853. The Morgan fingerprint density at radius 1 is 1.50 bits per heavy atom. The van der Waals surface area contributed by atoms with Crippen LogP contribution in [0.5, 0.6) is 0 Å². The van der Waals surface area contributed by atoms with Crippen molar-refractivity contribution in [1.82, 2.24) is 15.1 Å². The highest BCUT2D eigenvalue weighted by atomic mass is 16.3. The van der Waals surface area contributed by atoms with Crippen LogP contribution in [0.1, 0.15) is 27.7 Å². The number of nitrogens with zero attached hydrogens (tertiary/aromatic N) is 2. The number of fused-ring (bicyclic) bond motifs is 1. The van der Waals surface area contributed by atoms with E-state index in [2.05, 4.69) is 10.4 Å². The molecule has 1 amide bonds. The fourth-order valence-corrected chi connectivity index (χ4v) is 2.64. The van der Waals surface area contributed by atoms with E-state index in [1.54, 1.807) is 13.2 Å². The Hall–Kier alpha value is -2.34. The maximum absolute atomic E-state index is 12.2. The van der Waals surface area contributed by atoms with E-state index < -0.39 is 12.1 Å². The lowest BCUT2D eigenvalue weighted by atomic mass is 10.1. The van der Waals surface area contributed by atoms with Gasteiger partial charge in [-0.15, -0.1) is 0 Å². The van der Waals surface area contributed by atoms with E-state index in [0.29, 0.717) is 12.1 Å². The van der Waals surface area contributed by atoms with Crippen molar-refractivity contribution >= 4 is 11.6 Å². The Bertz CT molecular complexity index is 665. The maximum atomic E-state index is 12.2. The molecule has 1 aromatic heterocycles. The van der Waals surface area contributed by atoms with Crippen LogP contribution in [0.25, 0.3) is 0 Å². The fourth-order valence-electron chi connectivity index (χ4n) is 2.64. The first-order chi connectivity index (χ1) is 9.56. The van der Waals surface area contributed by atoms with Gasteiger partial charge in [0, 0.05) is 19.7 Å². The molecule has 1 aromatic carbocycles. The molecule has 4 N–H and O–H groups in total. The largest absolute Gasteiger partial charge is 0.396 e. The van der Waals surface area contributed by atoms with Crippen molar-refractivity contribution in [2.45, 2.75) is 18.6 Å². The minimum absolute atomic E-state index is 0.184. The average molecular weight is 272 g/mol. The van der Waals surface area contributed by atoms with Crippen molar-refractivity contribution in [3.05, 3.63) is 47.3 Å². The number of anilines is 1. The molecule has 0 saturated carbocycles. The second kappa shape index (κ2) is 4.64. The van der Waals surface area contributed by atoms with E-state index in [0.717, 1.165) is 11.1 Å². The van der Waals surface area contributed by atoms with Gasteiger partial charge in [-0.3, -0.25) is 9.48 Å². The third-order valence-electron chi connectivity index (χ3n) is 3.56. The second-order valence-electron chi connectivity index (χ2n) is 5.03. The van der Waals surface area contributed by atoms with Crippen LogP contribution in [0.15, 0.2) is 30.5 Å². The molecule has 0 saturated heterocycles. The molecule has 0 spiro atoms. The molecule has 1 heterocycles. The number of rotatable bonds is 2. The van der Waals surface area contributed by atoms with E-state index in [-0.39, 0.29) is 11.6 Å². The molecule has 104 valence electrons. The quantitative estimate of drug-likeness (QED) is 0.737. The summed E-state index contributed by atoms with van der Waals surface area (Å²) in [4.78, 5) is 12.2. The normalized spacial score (nSPS) is 20.7. The summed E-state index contributed by atoms with van der Waals surface area (Å²) in [6.07, 6.45) is 1.49. The van der Waals surface area contributed by atoms with E-state index >= 15 is 0 Å². The molecular formula is C14H16N4O2. The van der Waals surface area contributed by atoms with Gasteiger partial charge in [0.05, 0.1) is 17.8 Å². The summed E-state index contributed by atoms with van der Waals surface area (Å²) < 4.78 is 1.49. The molecule has 2 atom stereocenters. The van der Waals surface area contributed by atoms with Gasteiger partial charge in [-0.1, -0.05) is 24.3 Å². The predicted octanol–water partition coefficient (Wildman–Crippen LogP) is 0.390. The number of nitrogens with two attached hydrogens (primary N) is 1. The molecule has 2 aromatic rings. The van der Waals surface area contributed by atoms with Gasteiger partial charge in [0.2, 0.25) is 0 Å². The summed E-state index contributed by atoms with van der Waals surface area (Å²) in [5, 5.41) is 17.0. The molecule has 20 heavy (non-hydrogen) atoms. The number of hydrogen-bond donors (Lipinski definition) is 3. The molecule has 6 heteroatoms. The minimum atomic E-state index is -0.624. The third-order valence-corrected chi connectivity index (χ3v) is 3.56. The van der Waals surface area contributed by atoms with Crippen molar-refractivity contribution in [2.24, 2.45) is 7.05 Å². The number of carbonyl (C=O) groups excluding carboxylic acids is 1. The van der Waals surface area contributed by atoms with E-state index in [1.807, 2.05) is 24.3 Å². The summed E-state index contributed by atoms with van der Waals surface area (Å²) in [5.74, 6) is -0.371. The van der Waals surface area contributed by atoms with Gasteiger partial charge in [0.1, 0.15) is 0 Å². The summed E-state index contributed by atoms with van der Waals surface area (Å²) in [7, 11) is 1.70. The van der Waals surface area contributed by atoms with Gasteiger partial charge >= 0.3 is 0 Å². The van der Waals surface area contributed by atoms with Crippen LogP contribution in [-0.2, 0) is 13.5 Å². The number of carbonyl (C=O) groups is 1. The third kappa shape index (κ3) is 2.04. The lowest BCUT2D eigenvalue weighted by Gasteiger charge is -2.17. The van der Waals surface area contributed by atoms with Crippen LogP contribution in [-0.4, -0.2) is 26.9 Å². The van der Waals surface area contributed by atoms with E-state index in [1.165, 1.54) is 4.68 Å². The molecule has 1 aliphatic carbocycles. The fraction of sp³-hybridized carbons (Fsp3) is 0.286. The number of nitrogen functional groups attached to an aromatic ring is 1. The van der Waals surface area contributed by atoms with Crippen molar-refractivity contribution in [3.63, 3.8) is 0 Å². The monoisotopic (exact) mass is 272 g/mol. The second-order valence-corrected chi connectivity index (χ2v) is 5.03. The highest BCUT2D eigenvalue weighted by molar-refractivity contribution is 5.97. The highest BCUT2D eigenvalue weighted by Gasteiger charge is 2.32. The number of aromatic nitrogens is 2. The molecular weight excluding hydrogens is 256 g/mol. The Balaban J connectivity index is 1.85. The molecule has 1 aliphatic rings. The molecule has 0 aliphatic heterocycles. The first-order valence-electron chi connectivity index (χ1n) is 6.42. The van der Waals surface area contributed by atoms with Gasteiger partial charge in [0.15, 0.2) is 5.69 Å². The van der Waals surface area contributed by atoms with Crippen LogP contribution in [0.3, 0.4) is 0 Å². The van der Waals surface area contributed by atoms with Gasteiger partial charge in [0.25, 0.3) is 5.91 Å². The summed E-state index contributed by atoms with van der Waals surface area (Å²) in [6.45, 7) is 0. The van der Waals surface area contributed by atoms with Crippen molar-refractivity contribution in [3.8, 4) is 0 Å². The number of nitrogens with one attached hydrogen (secondary N) is 1. The van der Waals surface area contributed by atoms with Gasteiger partial charge in [-0.2, -0.15) is 5.10 Å². The number of aryl methyl sites for hydroxylation is 1. The van der Waals surface area contributed by atoms with Gasteiger partial charge in [-0.05, 0) is 11.1 Å². The van der Waals surface area contributed by atoms with Crippen molar-refractivity contribution < 1.29 is 9.90 Å². The van der Waals surface area contributed by atoms with Crippen LogP contribution in [0.4, 0.5) is 5.69 Å². The van der Waals surface area contributed by atoms with E-state index in [4.69, 9.17) is 5.73 Å². The molecule has 3 rings (SSSR count). The highest BCUT2D eigenvalue weighted by Crippen LogP contribution is 2.31. The zero-order chi connectivity index (χ0) is 14.3. The average Bonchev–Trinajstić information content (AvgIpc) is 2.90. The zero-order valence-corrected chi connectivity index (χ0v) is 11.1. The Morgan fingerprint density at radius 2 is 2.25 bits per heavy atom. The number of amides is 1. The number of hydrogen-bond acceptors (Lipinski definition) is 4. The van der Waals surface area contributed by atoms with Crippen LogP contribution < -0.4 is 11.1 Å². The Morgan fingerprint density at radius 3 is 2.95 bits per heavy atom. The van der Waals surface area contributed by atoms with Crippen molar-refractivity contribution in [2.75, 3.05) is 5.73 Å². The van der Waals surface area contributed by atoms with Gasteiger partial charge in [-0.25, -0.2) is 0 Å². The Kier molecular flexibility index (Phi) is 2.94. The number of aliphatic hydroxyl groups excluding tert-OH is 1. The van der Waals surface area contributed by atoms with Crippen molar-refractivity contribution in [1.29, 1.82) is 0 Å². The first-order valence-corrected chi connectivity index (χ1v) is 6.42. The van der Waals surface area contributed by atoms with Crippen LogP contribution in [0.2, 0.25) is 0 Å². The smallest absolute Gasteiger partial charge is 0.274 e. The SMILES string of the molecule is Cn1cc(N)c(C(=O)N[C@@H]2c3ccccc3C[C@@H]2O)n1. The summed E-state index contributed by atoms with van der Waals surface area (Å²) in [5.41, 5.74) is 8.25. The molecule has 6 nitrogen and oxygen atoms in total. The molecule has 0 unspecified atom stereocenters. The number of aliphatic hydroxyl groups is 1. The zero-order valence-electron chi connectivity index (χ0n) is 11.1.